The molecular formula is C27H38FN3O2S. The van der Waals surface area contributed by atoms with Crippen molar-refractivity contribution in [3.63, 3.8) is 0 Å². The molecule has 1 saturated heterocycles. The normalized spacial score (nSPS) is 18.4. The van der Waals surface area contributed by atoms with Crippen molar-refractivity contribution in [1.29, 1.82) is 0 Å². The Morgan fingerprint density at radius 3 is 2.59 bits per heavy atom. The highest BCUT2D eigenvalue weighted by Gasteiger charge is 2.30. The number of aryl methyl sites for hydroxylation is 3. The second-order valence-corrected chi connectivity index (χ2v) is 11.5. The van der Waals surface area contributed by atoms with E-state index in [1.807, 2.05) is 36.2 Å². The van der Waals surface area contributed by atoms with Crippen molar-refractivity contribution in [2.75, 3.05) is 26.2 Å². The van der Waals surface area contributed by atoms with Crippen molar-refractivity contribution in [2.24, 2.45) is 5.92 Å². The number of H-pyrrole nitrogens is 1. The van der Waals surface area contributed by atoms with E-state index < -0.39 is 6.17 Å². The number of carbonyl (C=O) groups is 1. The van der Waals surface area contributed by atoms with Gasteiger partial charge in [-0.05, 0) is 89.6 Å². The maximum atomic E-state index is 13.4. The minimum Gasteiger partial charge on any atom is -0.334 e. The molecule has 0 bridgehead atoms. The van der Waals surface area contributed by atoms with E-state index in [0.29, 0.717) is 25.2 Å². The Labute approximate surface area is 206 Å². The molecule has 0 aliphatic carbocycles. The van der Waals surface area contributed by atoms with E-state index >= 15 is 0 Å². The SMILES string of the molecule is Cc1cc(C)c(CN2CCc3sc(CCCC4CCN(CC(C)F)CC4)c(C)c3C2=O)c(=O)[nH]1. The summed E-state index contributed by atoms with van der Waals surface area (Å²) < 4.78 is 13.2. The lowest BCUT2D eigenvalue weighted by Crippen LogP contribution is -2.38. The van der Waals surface area contributed by atoms with Gasteiger partial charge in [-0.1, -0.05) is 6.42 Å². The molecule has 1 unspecified atom stereocenters. The number of alkyl halides is 1. The molecule has 186 valence electrons. The third-order valence-electron chi connectivity index (χ3n) is 7.50. The van der Waals surface area contributed by atoms with Crippen LogP contribution in [0.1, 0.15) is 75.1 Å². The number of halogens is 1. The minimum atomic E-state index is -0.746. The molecule has 2 aliphatic rings. The molecule has 5 nitrogen and oxygen atoms in total. The molecule has 2 aromatic rings. The van der Waals surface area contributed by atoms with Crippen molar-refractivity contribution in [2.45, 2.75) is 78.9 Å². The molecule has 0 aromatic carbocycles. The van der Waals surface area contributed by atoms with Crippen LogP contribution in [0.25, 0.3) is 0 Å². The number of likely N-dealkylation sites (tertiary alicyclic amines) is 1. The number of nitrogens with one attached hydrogen (secondary N) is 1. The second-order valence-electron chi connectivity index (χ2n) is 10.3. The number of thiophene rings is 1. The fourth-order valence-electron chi connectivity index (χ4n) is 5.60. The molecule has 4 rings (SSSR count). The largest absolute Gasteiger partial charge is 0.334 e. The quantitative estimate of drug-likeness (QED) is 0.573. The third-order valence-corrected chi connectivity index (χ3v) is 8.92. The van der Waals surface area contributed by atoms with E-state index in [1.165, 1.54) is 16.2 Å². The monoisotopic (exact) mass is 487 g/mol. The summed E-state index contributed by atoms with van der Waals surface area (Å²) in [6.45, 7) is 11.2. The Bertz CT molecular complexity index is 1080. The van der Waals surface area contributed by atoms with Gasteiger partial charge in [0, 0.05) is 40.5 Å². The number of rotatable bonds is 8. The zero-order valence-electron chi connectivity index (χ0n) is 21.0. The number of carbonyl (C=O) groups excluding carboxylic acids is 1. The highest BCUT2D eigenvalue weighted by molar-refractivity contribution is 7.12. The van der Waals surface area contributed by atoms with Gasteiger partial charge in [0.05, 0.1) is 12.1 Å². The van der Waals surface area contributed by atoms with Crippen LogP contribution in [0, 0.1) is 26.7 Å². The number of piperidine rings is 1. The average Bonchev–Trinajstić information content (AvgIpc) is 3.09. The Kier molecular flexibility index (Phi) is 7.93. The lowest BCUT2D eigenvalue weighted by atomic mass is 9.91. The summed E-state index contributed by atoms with van der Waals surface area (Å²) in [6, 6.07) is 1.97. The topological polar surface area (TPSA) is 56.4 Å². The first-order valence-corrected chi connectivity index (χ1v) is 13.5. The van der Waals surface area contributed by atoms with Crippen molar-refractivity contribution in [3.05, 3.63) is 54.1 Å². The summed E-state index contributed by atoms with van der Waals surface area (Å²) in [5.41, 5.74) is 4.38. The molecule has 2 aromatic heterocycles. The summed E-state index contributed by atoms with van der Waals surface area (Å²) in [7, 11) is 0. The Morgan fingerprint density at radius 2 is 1.91 bits per heavy atom. The van der Waals surface area contributed by atoms with Gasteiger partial charge in [-0.25, -0.2) is 4.39 Å². The molecule has 4 heterocycles. The summed E-state index contributed by atoms with van der Waals surface area (Å²) in [4.78, 5) is 35.3. The average molecular weight is 488 g/mol. The molecule has 7 heteroatoms. The van der Waals surface area contributed by atoms with Crippen LogP contribution in [-0.4, -0.2) is 53.0 Å². The van der Waals surface area contributed by atoms with Crippen LogP contribution in [0.5, 0.6) is 0 Å². The van der Waals surface area contributed by atoms with Crippen molar-refractivity contribution in [3.8, 4) is 0 Å². The van der Waals surface area contributed by atoms with Gasteiger partial charge in [-0.15, -0.1) is 11.3 Å². The smallest absolute Gasteiger partial charge is 0.255 e. The molecule has 34 heavy (non-hydrogen) atoms. The standard InChI is InChI=1S/C27H38FN3O2S/c1-17-14-19(3)29-26(32)22(17)16-31-13-10-24-25(27(31)33)20(4)23(34-24)7-5-6-21-8-11-30(12-9-21)15-18(2)28/h14,18,21H,5-13,15-16H2,1-4H3,(H,29,32). The molecule has 2 aliphatic heterocycles. The molecule has 0 spiro atoms. The van der Waals surface area contributed by atoms with Crippen LogP contribution in [0.2, 0.25) is 0 Å². The molecule has 1 fully saturated rings. The Balaban J connectivity index is 1.35. The number of aromatic amines is 1. The molecule has 1 amide bonds. The number of nitrogens with zero attached hydrogens (tertiary/aromatic N) is 2. The molecule has 0 radical (unpaired) electrons. The Morgan fingerprint density at radius 1 is 1.18 bits per heavy atom. The van der Waals surface area contributed by atoms with Crippen LogP contribution in [0.4, 0.5) is 4.39 Å². The maximum Gasteiger partial charge on any atom is 0.255 e. The minimum absolute atomic E-state index is 0.0649. The van der Waals surface area contributed by atoms with Crippen LogP contribution in [0.3, 0.4) is 0 Å². The van der Waals surface area contributed by atoms with E-state index in [4.69, 9.17) is 0 Å². The number of fused-ring (bicyclic) bond motifs is 1. The van der Waals surface area contributed by atoms with Gasteiger partial charge >= 0.3 is 0 Å². The second kappa shape index (κ2) is 10.7. The van der Waals surface area contributed by atoms with E-state index in [2.05, 4.69) is 16.8 Å². The summed E-state index contributed by atoms with van der Waals surface area (Å²) in [6.07, 6.45) is 5.81. The third kappa shape index (κ3) is 5.62. The number of amides is 1. The molecule has 1 N–H and O–H groups in total. The van der Waals surface area contributed by atoms with Gasteiger partial charge in [0.2, 0.25) is 0 Å². The van der Waals surface area contributed by atoms with Crippen LogP contribution in [-0.2, 0) is 19.4 Å². The molecule has 0 saturated carbocycles. The predicted octanol–water partition coefficient (Wildman–Crippen LogP) is 4.95. The lowest BCUT2D eigenvalue weighted by Gasteiger charge is -2.32. The number of pyridine rings is 1. The van der Waals surface area contributed by atoms with Gasteiger partial charge < -0.3 is 14.8 Å². The first kappa shape index (κ1) is 25.1. The fraction of sp³-hybridized carbons (Fsp3) is 0.630. The summed E-state index contributed by atoms with van der Waals surface area (Å²) >= 11 is 1.81. The van der Waals surface area contributed by atoms with Crippen molar-refractivity contribution < 1.29 is 9.18 Å². The van der Waals surface area contributed by atoms with Gasteiger partial charge in [-0.3, -0.25) is 9.59 Å². The van der Waals surface area contributed by atoms with Gasteiger partial charge in [-0.2, -0.15) is 0 Å². The van der Waals surface area contributed by atoms with Crippen LogP contribution >= 0.6 is 11.3 Å². The van der Waals surface area contributed by atoms with Gasteiger partial charge in [0.15, 0.2) is 0 Å². The van der Waals surface area contributed by atoms with E-state index in [1.54, 1.807) is 6.92 Å². The number of aromatic nitrogens is 1. The number of hydrogen-bond acceptors (Lipinski definition) is 4. The van der Waals surface area contributed by atoms with E-state index in [0.717, 1.165) is 73.5 Å². The highest BCUT2D eigenvalue weighted by Crippen LogP contribution is 2.35. The zero-order valence-corrected chi connectivity index (χ0v) is 21.8. The summed E-state index contributed by atoms with van der Waals surface area (Å²) in [5.74, 6) is 0.795. The first-order chi connectivity index (χ1) is 16.2. The fourth-order valence-corrected chi connectivity index (χ4v) is 6.93. The highest BCUT2D eigenvalue weighted by atomic mass is 32.1. The zero-order chi connectivity index (χ0) is 24.4. The molecule has 1 atom stereocenters. The predicted molar refractivity (Wildman–Crippen MR) is 137 cm³/mol. The first-order valence-electron chi connectivity index (χ1n) is 12.7. The van der Waals surface area contributed by atoms with Crippen molar-refractivity contribution in [1.82, 2.24) is 14.8 Å². The summed E-state index contributed by atoms with van der Waals surface area (Å²) in [5, 5.41) is 0. The van der Waals surface area contributed by atoms with E-state index in [9.17, 15) is 14.0 Å². The Hall–Kier alpha value is -1.99. The van der Waals surface area contributed by atoms with Crippen LogP contribution in [0.15, 0.2) is 10.9 Å². The van der Waals surface area contributed by atoms with Gasteiger partial charge in [0.1, 0.15) is 6.17 Å². The number of hydrogen-bond donors (Lipinski definition) is 1. The molecular weight excluding hydrogens is 449 g/mol. The van der Waals surface area contributed by atoms with Gasteiger partial charge in [0.25, 0.3) is 11.5 Å². The van der Waals surface area contributed by atoms with Crippen molar-refractivity contribution >= 4 is 17.2 Å². The van der Waals surface area contributed by atoms with E-state index in [-0.39, 0.29) is 11.5 Å². The maximum absolute atomic E-state index is 13.4. The lowest BCUT2D eigenvalue weighted by molar-refractivity contribution is 0.0727. The van der Waals surface area contributed by atoms with Crippen LogP contribution < -0.4 is 5.56 Å².